The van der Waals surface area contributed by atoms with Gasteiger partial charge in [-0.25, -0.2) is 18.7 Å². The number of amides is 1. The predicted molar refractivity (Wildman–Crippen MR) is 125 cm³/mol. The Hall–Kier alpha value is -4.08. The summed E-state index contributed by atoms with van der Waals surface area (Å²) in [6, 6.07) is 7.18. The molecule has 0 aliphatic heterocycles. The third kappa shape index (κ3) is 4.58. The zero-order chi connectivity index (χ0) is 25.4. The first-order valence-corrected chi connectivity index (χ1v) is 11.2. The Kier molecular flexibility index (Phi) is 6.03. The fraction of sp³-hybridized carbons (Fsp3) is 0.192. The summed E-state index contributed by atoms with van der Waals surface area (Å²) in [6.45, 7) is 0. The molecule has 0 bridgehead atoms. The van der Waals surface area contributed by atoms with E-state index in [1.165, 1.54) is 12.1 Å². The fourth-order valence-corrected chi connectivity index (χ4v) is 4.43. The zero-order valence-corrected chi connectivity index (χ0v) is 18.7. The first kappa shape index (κ1) is 23.7. The van der Waals surface area contributed by atoms with Gasteiger partial charge in [0.1, 0.15) is 11.6 Å². The summed E-state index contributed by atoms with van der Waals surface area (Å²) in [4.78, 5) is 21.2. The monoisotopic (exact) mass is 498 g/mol. The number of aryl methyl sites for hydroxylation is 2. The lowest BCUT2D eigenvalue weighted by atomic mass is 9.90. The van der Waals surface area contributed by atoms with Crippen molar-refractivity contribution in [1.82, 2.24) is 9.97 Å². The topological polar surface area (TPSA) is 66.9 Å². The Morgan fingerprint density at radius 2 is 1.72 bits per heavy atom. The number of nitrogens with zero attached hydrogens (tertiary/aromatic N) is 2. The average molecular weight is 498 g/mol. The van der Waals surface area contributed by atoms with E-state index in [-0.39, 0.29) is 17.4 Å². The second kappa shape index (κ2) is 9.18. The lowest BCUT2D eigenvalue weighted by Gasteiger charge is -2.19. The third-order valence-electron chi connectivity index (χ3n) is 6.11. The minimum absolute atomic E-state index is 0.0564. The normalized spacial score (nSPS) is 13.4. The number of carbonyl (C=O) groups is 1. The summed E-state index contributed by atoms with van der Waals surface area (Å²) in [7, 11) is 0. The highest BCUT2D eigenvalue weighted by Gasteiger charge is 2.35. The Labute approximate surface area is 202 Å². The zero-order valence-electron chi connectivity index (χ0n) is 18.7. The quantitative estimate of drug-likeness (QED) is 0.304. The van der Waals surface area contributed by atoms with Crippen molar-refractivity contribution in [3.05, 3.63) is 88.7 Å². The standard InChI is InChI=1S/C26H19F5N4O/c27-15-5-7-18(19(11-15)26(29,30)31)25(36)34-16-6-8-21(20(28)12-16)35-22-9-10-32-24-23(22)17-4-2-1-3-14(17)13-33-24/h5-13H,1-4H2,(H,34,36)(H,32,33,35). The lowest BCUT2D eigenvalue weighted by Crippen LogP contribution is -2.19. The average Bonchev–Trinajstić information content (AvgIpc) is 2.85. The van der Waals surface area contributed by atoms with Crippen molar-refractivity contribution in [3.8, 4) is 0 Å². The number of anilines is 3. The molecule has 0 saturated carbocycles. The molecule has 2 heterocycles. The number of benzene rings is 2. The second-order valence-electron chi connectivity index (χ2n) is 8.49. The number of carbonyl (C=O) groups excluding carboxylic acids is 1. The van der Waals surface area contributed by atoms with E-state index in [2.05, 4.69) is 20.6 Å². The van der Waals surface area contributed by atoms with Crippen LogP contribution in [-0.4, -0.2) is 15.9 Å². The third-order valence-corrected chi connectivity index (χ3v) is 6.11. The van der Waals surface area contributed by atoms with Gasteiger partial charge in [-0.05, 0) is 79.3 Å². The molecule has 2 N–H and O–H groups in total. The van der Waals surface area contributed by atoms with Crippen LogP contribution in [0.5, 0.6) is 0 Å². The molecule has 0 radical (unpaired) electrons. The van der Waals surface area contributed by atoms with E-state index in [1.807, 2.05) is 6.20 Å². The van der Waals surface area contributed by atoms with E-state index in [9.17, 15) is 26.7 Å². The summed E-state index contributed by atoms with van der Waals surface area (Å²) < 4.78 is 68.0. The summed E-state index contributed by atoms with van der Waals surface area (Å²) in [6.07, 6.45) is 2.36. The van der Waals surface area contributed by atoms with Gasteiger partial charge in [0.05, 0.1) is 22.5 Å². The van der Waals surface area contributed by atoms with Crippen LogP contribution in [-0.2, 0) is 19.0 Å². The van der Waals surface area contributed by atoms with Gasteiger partial charge in [-0.15, -0.1) is 0 Å². The van der Waals surface area contributed by atoms with Crippen LogP contribution >= 0.6 is 0 Å². The molecule has 1 aliphatic carbocycles. The lowest BCUT2D eigenvalue weighted by molar-refractivity contribution is -0.138. The van der Waals surface area contributed by atoms with Crippen LogP contribution < -0.4 is 10.6 Å². The SMILES string of the molecule is O=C(Nc1ccc(Nc2ccnc3ncc4c(c23)CCCC4)c(F)c1)c1ccc(F)cc1C(F)(F)F. The van der Waals surface area contributed by atoms with Crippen molar-refractivity contribution >= 4 is 34.0 Å². The number of hydrogen-bond acceptors (Lipinski definition) is 4. The van der Waals surface area contributed by atoms with Crippen LogP contribution in [0.3, 0.4) is 0 Å². The molecule has 0 saturated heterocycles. The van der Waals surface area contributed by atoms with Gasteiger partial charge in [-0.2, -0.15) is 13.2 Å². The highest BCUT2D eigenvalue weighted by molar-refractivity contribution is 6.05. The summed E-state index contributed by atoms with van der Waals surface area (Å²) in [5, 5.41) is 6.12. The minimum atomic E-state index is -4.94. The summed E-state index contributed by atoms with van der Waals surface area (Å²) >= 11 is 0. The minimum Gasteiger partial charge on any atom is -0.352 e. The summed E-state index contributed by atoms with van der Waals surface area (Å²) in [5.41, 5.74) is 1.30. The first-order valence-electron chi connectivity index (χ1n) is 11.2. The molecule has 4 aromatic rings. The van der Waals surface area contributed by atoms with Crippen LogP contribution in [0.4, 0.5) is 39.0 Å². The second-order valence-corrected chi connectivity index (χ2v) is 8.49. The van der Waals surface area contributed by atoms with Crippen molar-refractivity contribution in [1.29, 1.82) is 0 Å². The molecular formula is C26H19F5N4O. The number of nitrogens with one attached hydrogen (secondary N) is 2. The van der Waals surface area contributed by atoms with Crippen LogP contribution in [0.25, 0.3) is 11.0 Å². The molecule has 1 aliphatic rings. The van der Waals surface area contributed by atoms with Gasteiger partial charge >= 0.3 is 6.18 Å². The molecule has 2 aromatic heterocycles. The van der Waals surface area contributed by atoms with Crippen LogP contribution in [0, 0.1) is 11.6 Å². The number of rotatable bonds is 4. The Balaban J connectivity index is 1.42. The fourth-order valence-electron chi connectivity index (χ4n) is 4.43. The first-order chi connectivity index (χ1) is 17.2. The highest BCUT2D eigenvalue weighted by atomic mass is 19.4. The Morgan fingerprint density at radius 1 is 0.917 bits per heavy atom. The van der Waals surface area contributed by atoms with Crippen LogP contribution in [0.2, 0.25) is 0 Å². The molecule has 5 nitrogen and oxygen atoms in total. The van der Waals surface area contributed by atoms with E-state index >= 15 is 0 Å². The molecule has 184 valence electrons. The van der Waals surface area contributed by atoms with Gasteiger partial charge in [-0.3, -0.25) is 4.79 Å². The van der Waals surface area contributed by atoms with Crippen molar-refractivity contribution in [3.63, 3.8) is 0 Å². The molecule has 0 spiro atoms. The van der Waals surface area contributed by atoms with E-state index in [1.54, 1.807) is 12.3 Å². The van der Waals surface area contributed by atoms with E-state index in [0.29, 0.717) is 11.3 Å². The molecule has 0 fully saturated rings. The van der Waals surface area contributed by atoms with Gasteiger partial charge in [0.15, 0.2) is 5.65 Å². The number of aromatic nitrogens is 2. The van der Waals surface area contributed by atoms with Gasteiger partial charge < -0.3 is 10.6 Å². The van der Waals surface area contributed by atoms with Crippen LogP contribution in [0.15, 0.2) is 54.9 Å². The van der Waals surface area contributed by atoms with E-state index in [4.69, 9.17) is 0 Å². The smallest absolute Gasteiger partial charge is 0.352 e. The molecule has 36 heavy (non-hydrogen) atoms. The van der Waals surface area contributed by atoms with E-state index in [0.717, 1.165) is 60.4 Å². The highest BCUT2D eigenvalue weighted by Crippen LogP contribution is 2.35. The largest absolute Gasteiger partial charge is 0.417 e. The Morgan fingerprint density at radius 3 is 2.50 bits per heavy atom. The maximum atomic E-state index is 15.0. The number of pyridine rings is 2. The molecular weight excluding hydrogens is 479 g/mol. The van der Waals surface area contributed by atoms with Gasteiger partial charge in [-0.1, -0.05) is 0 Å². The number of alkyl halides is 3. The number of halogens is 5. The van der Waals surface area contributed by atoms with Gasteiger partial charge in [0, 0.05) is 23.5 Å². The molecule has 0 atom stereocenters. The molecule has 0 unspecified atom stereocenters. The van der Waals surface area contributed by atoms with Crippen molar-refractivity contribution in [2.75, 3.05) is 10.6 Å². The van der Waals surface area contributed by atoms with Crippen LogP contribution in [0.1, 0.15) is 39.9 Å². The maximum Gasteiger partial charge on any atom is 0.417 e. The van der Waals surface area contributed by atoms with Crippen molar-refractivity contribution < 1.29 is 26.7 Å². The number of hydrogen-bond donors (Lipinski definition) is 2. The molecule has 1 amide bonds. The molecule has 2 aromatic carbocycles. The maximum absolute atomic E-state index is 15.0. The van der Waals surface area contributed by atoms with Crippen molar-refractivity contribution in [2.45, 2.75) is 31.9 Å². The van der Waals surface area contributed by atoms with Gasteiger partial charge in [0.2, 0.25) is 0 Å². The molecule has 5 rings (SSSR count). The summed E-state index contributed by atoms with van der Waals surface area (Å²) in [5.74, 6) is -2.99. The van der Waals surface area contributed by atoms with Crippen molar-refractivity contribution in [2.24, 2.45) is 0 Å². The molecule has 10 heteroatoms. The Bertz CT molecular complexity index is 1490. The number of fused-ring (bicyclic) bond motifs is 3. The predicted octanol–water partition coefficient (Wildman–Crippen LogP) is 6.80. The van der Waals surface area contributed by atoms with Gasteiger partial charge in [0.25, 0.3) is 5.91 Å². The van der Waals surface area contributed by atoms with E-state index < -0.39 is 34.8 Å².